The lowest BCUT2D eigenvalue weighted by Gasteiger charge is -2.12. The molecule has 3 nitrogen and oxygen atoms in total. The van der Waals surface area contributed by atoms with Gasteiger partial charge in [0.1, 0.15) is 0 Å². The molecule has 1 atom stereocenters. The van der Waals surface area contributed by atoms with Crippen molar-refractivity contribution in [2.75, 3.05) is 5.88 Å². The van der Waals surface area contributed by atoms with Gasteiger partial charge in [-0.25, -0.2) is 0 Å². The van der Waals surface area contributed by atoms with E-state index in [-0.39, 0.29) is 11.9 Å². The molecule has 1 heterocycles. The average molecular weight is 265 g/mol. The molecular formula is C14H17ClN2O. The van der Waals surface area contributed by atoms with E-state index < -0.39 is 0 Å². The molecule has 0 saturated carbocycles. The Balaban J connectivity index is 2.03. The van der Waals surface area contributed by atoms with Crippen molar-refractivity contribution < 1.29 is 4.79 Å². The number of alkyl halides is 1. The molecule has 0 radical (unpaired) electrons. The number of amides is 1. The second-order valence-electron chi connectivity index (χ2n) is 4.47. The van der Waals surface area contributed by atoms with Crippen molar-refractivity contribution in [3.63, 3.8) is 0 Å². The summed E-state index contributed by atoms with van der Waals surface area (Å²) in [7, 11) is 0. The minimum absolute atomic E-state index is 0.0114. The highest BCUT2D eigenvalue weighted by Crippen LogP contribution is 2.18. The number of nitrogens with one attached hydrogen (secondary N) is 2. The van der Waals surface area contributed by atoms with Crippen molar-refractivity contribution in [3.05, 3.63) is 36.0 Å². The lowest BCUT2D eigenvalue weighted by Crippen LogP contribution is -2.34. The first-order chi connectivity index (χ1) is 8.70. The van der Waals surface area contributed by atoms with Crippen molar-refractivity contribution in [1.29, 1.82) is 0 Å². The lowest BCUT2D eigenvalue weighted by atomic mass is 10.1. The fraction of sp³-hybridized carbons (Fsp3) is 0.357. The Morgan fingerprint density at radius 1 is 1.44 bits per heavy atom. The van der Waals surface area contributed by atoms with Gasteiger partial charge < -0.3 is 10.3 Å². The van der Waals surface area contributed by atoms with Gasteiger partial charge in [-0.3, -0.25) is 4.79 Å². The number of aromatic amines is 1. The van der Waals surface area contributed by atoms with Crippen molar-refractivity contribution >= 4 is 28.4 Å². The maximum atomic E-state index is 11.4. The zero-order chi connectivity index (χ0) is 13.0. The van der Waals surface area contributed by atoms with Crippen LogP contribution in [0, 0.1) is 0 Å². The smallest absolute Gasteiger partial charge is 0.221 e. The summed E-state index contributed by atoms with van der Waals surface area (Å²) in [5.74, 6) is 0.378. The van der Waals surface area contributed by atoms with Crippen LogP contribution >= 0.6 is 11.6 Å². The number of benzene rings is 1. The van der Waals surface area contributed by atoms with E-state index in [9.17, 15) is 4.79 Å². The summed E-state index contributed by atoms with van der Waals surface area (Å²) in [6.45, 7) is 2.01. The van der Waals surface area contributed by atoms with Gasteiger partial charge in [-0.05, 0) is 25.0 Å². The van der Waals surface area contributed by atoms with E-state index in [4.69, 9.17) is 11.6 Å². The number of H-pyrrole nitrogens is 1. The van der Waals surface area contributed by atoms with Gasteiger partial charge in [0, 0.05) is 35.4 Å². The fourth-order valence-electron chi connectivity index (χ4n) is 2.11. The van der Waals surface area contributed by atoms with E-state index in [1.54, 1.807) is 0 Å². The van der Waals surface area contributed by atoms with Crippen LogP contribution in [0.3, 0.4) is 0 Å². The monoisotopic (exact) mass is 264 g/mol. The molecular weight excluding hydrogens is 248 g/mol. The number of hydrogen-bond donors (Lipinski definition) is 2. The number of rotatable bonds is 5. The van der Waals surface area contributed by atoms with Crippen LogP contribution in [0.1, 0.15) is 18.9 Å². The summed E-state index contributed by atoms with van der Waals surface area (Å²) in [5.41, 5.74) is 2.36. The highest BCUT2D eigenvalue weighted by molar-refractivity contribution is 6.18. The maximum absolute atomic E-state index is 11.4. The fourth-order valence-corrected chi connectivity index (χ4v) is 2.29. The molecule has 0 aliphatic rings. The van der Waals surface area contributed by atoms with Gasteiger partial charge in [-0.15, -0.1) is 11.6 Å². The van der Waals surface area contributed by atoms with Crippen LogP contribution in [0.4, 0.5) is 0 Å². The molecule has 0 spiro atoms. The van der Waals surface area contributed by atoms with E-state index >= 15 is 0 Å². The third-order valence-electron chi connectivity index (χ3n) is 2.93. The van der Waals surface area contributed by atoms with E-state index in [1.165, 1.54) is 10.9 Å². The standard InChI is InChI=1S/C14H17ClN2O/c1-10(17-14(18)6-7-15)8-11-9-16-13-5-3-2-4-12(11)13/h2-5,9-10,16H,6-8H2,1H3,(H,17,18). The number of aromatic nitrogens is 1. The van der Waals surface area contributed by atoms with Crippen LogP contribution in [0.2, 0.25) is 0 Å². The molecule has 96 valence electrons. The van der Waals surface area contributed by atoms with E-state index in [2.05, 4.69) is 22.4 Å². The van der Waals surface area contributed by atoms with Crippen molar-refractivity contribution in [1.82, 2.24) is 10.3 Å². The second kappa shape index (κ2) is 5.91. The molecule has 0 bridgehead atoms. The first-order valence-corrected chi connectivity index (χ1v) is 6.64. The van der Waals surface area contributed by atoms with Gasteiger partial charge in [-0.2, -0.15) is 0 Å². The van der Waals surface area contributed by atoms with Gasteiger partial charge >= 0.3 is 0 Å². The van der Waals surface area contributed by atoms with Gasteiger partial charge in [0.05, 0.1) is 0 Å². The zero-order valence-corrected chi connectivity index (χ0v) is 11.1. The van der Waals surface area contributed by atoms with Crippen molar-refractivity contribution in [3.8, 4) is 0 Å². The maximum Gasteiger partial charge on any atom is 0.221 e. The number of para-hydroxylation sites is 1. The van der Waals surface area contributed by atoms with E-state index in [1.807, 2.05) is 25.3 Å². The molecule has 1 unspecified atom stereocenters. The Kier molecular flexibility index (Phi) is 4.26. The molecule has 18 heavy (non-hydrogen) atoms. The van der Waals surface area contributed by atoms with Gasteiger partial charge in [-0.1, -0.05) is 18.2 Å². The molecule has 0 aliphatic heterocycles. The molecule has 2 rings (SSSR count). The first kappa shape index (κ1) is 13.0. The predicted octanol–water partition coefficient (Wildman–Crippen LogP) is 2.84. The van der Waals surface area contributed by atoms with Crippen LogP contribution < -0.4 is 5.32 Å². The number of halogens is 1. The normalized spacial score (nSPS) is 12.6. The lowest BCUT2D eigenvalue weighted by molar-refractivity contribution is -0.121. The van der Waals surface area contributed by atoms with Crippen LogP contribution in [0.15, 0.2) is 30.5 Å². The third kappa shape index (κ3) is 3.05. The number of fused-ring (bicyclic) bond motifs is 1. The van der Waals surface area contributed by atoms with Crippen molar-refractivity contribution in [2.45, 2.75) is 25.8 Å². The number of carbonyl (C=O) groups is 1. The summed E-state index contributed by atoms with van der Waals surface area (Å²) < 4.78 is 0. The Hall–Kier alpha value is -1.48. The minimum atomic E-state index is 0.0114. The minimum Gasteiger partial charge on any atom is -0.361 e. The van der Waals surface area contributed by atoms with E-state index in [0.717, 1.165) is 11.9 Å². The highest BCUT2D eigenvalue weighted by atomic mass is 35.5. The molecule has 2 aromatic rings. The zero-order valence-electron chi connectivity index (χ0n) is 10.4. The second-order valence-corrected chi connectivity index (χ2v) is 4.85. The molecule has 1 amide bonds. The van der Waals surface area contributed by atoms with Gasteiger partial charge in [0.2, 0.25) is 5.91 Å². The Morgan fingerprint density at radius 3 is 3.00 bits per heavy atom. The van der Waals surface area contributed by atoms with Gasteiger partial charge in [0.15, 0.2) is 0 Å². The van der Waals surface area contributed by atoms with Crippen LogP contribution in [-0.2, 0) is 11.2 Å². The van der Waals surface area contributed by atoms with Crippen LogP contribution in [0.5, 0.6) is 0 Å². The molecule has 0 aliphatic carbocycles. The number of hydrogen-bond acceptors (Lipinski definition) is 1. The van der Waals surface area contributed by atoms with Gasteiger partial charge in [0.25, 0.3) is 0 Å². The van der Waals surface area contributed by atoms with Crippen molar-refractivity contribution in [2.24, 2.45) is 0 Å². The first-order valence-electron chi connectivity index (χ1n) is 6.11. The summed E-state index contributed by atoms with van der Waals surface area (Å²) in [4.78, 5) is 14.7. The molecule has 0 fully saturated rings. The largest absolute Gasteiger partial charge is 0.361 e. The Morgan fingerprint density at radius 2 is 2.22 bits per heavy atom. The summed E-state index contributed by atoms with van der Waals surface area (Å²) in [6.07, 6.45) is 3.20. The number of carbonyl (C=O) groups excluding carboxylic acids is 1. The Labute approximate surface area is 112 Å². The van der Waals surface area contributed by atoms with Crippen LogP contribution in [-0.4, -0.2) is 22.8 Å². The highest BCUT2D eigenvalue weighted by Gasteiger charge is 2.10. The van der Waals surface area contributed by atoms with Crippen LogP contribution in [0.25, 0.3) is 10.9 Å². The SMILES string of the molecule is CC(Cc1c[nH]c2ccccc12)NC(=O)CCCl. The predicted molar refractivity (Wildman–Crippen MR) is 74.9 cm³/mol. The quantitative estimate of drug-likeness (QED) is 0.802. The molecule has 4 heteroatoms. The van der Waals surface area contributed by atoms with E-state index in [0.29, 0.717) is 12.3 Å². The average Bonchev–Trinajstić information content (AvgIpc) is 2.73. The topological polar surface area (TPSA) is 44.9 Å². The molecule has 2 N–H and O–H groups in total. The summed E-state index contributed by atoms with van der Waals surface area (Å²) >= 11 is 5.53. The molecule has 1 aromatic heterocycles. The molecule has 0 saturated heterocycles. The Bertz CT molecular complexity index is 535. The molecule has 1 aromatic carbocycles. The third-order valence-corrected chi connectivity index (χ3v) is 3.12. The summed E-state index contributed by atoms with van der Waals surface area (Å²) in [6, 6.07) is 8.29. The summed E-state index contributed by atoms with van der Waals surface area (Å²) in [5, 5.41) is 4.16.